The molecule has 0 aliphatic rings. The van der Waals surface area contributed by atoms with Crippen molar-refractivity contribution in [2.75, 3.05) is 11.9 Å². The minimum atomic E-state index is 0.767. The molecule has 0 amide bonds. The van der Waals surface area contributed by atoms with E-state index in [1.54, 1.807) is 0 Å². The molecule has 0 saturated carbocycles. The number of rotatable bonds is 6. The molecule has 0 aliphatic carbocycles. The van der Waals surface area contributed by atoms with Crippen LogP contribution in [0.3, 0.4) is 0 Å². The Morgan fingerprint density at radius 2 is 1.85 bits per heavy atom. The van der Waals surface area contributed by atoms with Gasteiger partial charge in [0.05, 0.1) is 0 Å². The number of aromatic nitrogens is 2. The molecule has 1 aromatic carbocycles. The maximum absolute atomic E-state index is 4.66. The lowest BCUT2D eigenvalue weighted by molar-refractivity contribution is 0.841. The molecule has 0 unspecified atom stereocenters. The van der Waals surface area contributed by atoms with E-state index in [0.29, 0.717) is 0 Å². The fraction of sp³-hybridized carbons (Fsp3) is 0.375. The van der Waals surface area contributed by atoms with E-state index >= 15 is 0 Å². The molecule has 20 heavy (non-hydrogen) atoms. The minimum absolute atomic E-state index is 0.767. The van der Waals surface area contributed by atoms with Gasteiger partial charge in [-0.1, -0.05) is 41.4 Å². The summed E-state index contributed by atoms with van der Waals surface area (Å²) >= 11 is 3.45. The molecule has 0 atom stereocenters. The Morgan fingerprint density at radius 1 is 1.10 bits per heavy atom. The number of aryl methyl sites for hydroxylation is 1. The summed E-state index contributed by atoms with van der Waals surface area (Å²) in [5.74, 6) is 1.81. The molecule has 1 N–H and O–H groups in total. The predicted molar refractivity (Wildman–Crippen MR) is 87.1 cm³/mol. The molecule has 0 radical (unpaired) electrons. The molecule has 2 aromatic rings. The second-order valence-electron chi connectivity index (χ2n) is 4.74. The van der Waals surface area contributed by atoms with E-state index < -0.39 is 0 Å². The zero-order chi connectivity index (χ0) is 14.4. The molecular formula is C16H20BrN3. The lowest BCUT2D eigenvalue weighted by atomic mass is 10.1. The van der Waals surface area contributed by atoms with Gasteiger partial charge in [0.15, 0.2) is 0 Å². The summed E-state index contributed by atoms with van der Waals surface area (Å²) in [6, 6.07) is 10.4. The topological polar surface area (TPSA) is 37.8 Å². The van der Waals surface area contributed by atoms with Gasteiger partial charge in [0.25, 0.3) is 0 Å². The van der Waals surface area contributed by atoms with E-state index in [4.69, 9.17) is 0 Å². The van der Waals surface area contributed by atoms with Crippen LogP contribution in [0.25, 0.3) is 0 Å². The normalized spacial score (nSPS) is 10.6. The fourth-order valence-corrected chi connectivity index (χ4v) is 2.34. The Balaban J connectivity index is 2.22. The van der Waals surface area contributed by atoms with E-state index in [1.807, 2.05) is 0 Å². The van der Waals surface area contributed by atoms with Gasteiger partial charge in [0.2, 0.25) is 0 Å². The minimum Gasteiger partial charge on any atom is -0.370 e. The summed E-state index contributed by atoms with van der Waals surface area (Å²) in [5, 5.41) is 3.28. The molecule has 1 heterocycles. The first-order valence-electron chi connectivity index (χ1n) is 7.06. The highest BCUT2D eigenvalue weighted by Gasteiger charge is 2.05. The van der Waals surface area contributed by atoms with Crippen molar-refractivity contribution in [3.8, 4) is 0 Å². The Bertz CT molecular complexity index is 528. The van der Waals surface area contributed by atoms with Gasteiger partial charge < -0.3 is 5.32 Å². The first kappa shape index (κ1) is 15.0. The molecule has 2 rings (SSSR count). The summed E-state index contributed by atoms with van der Waals surface area (Å²) < 4.78 is 1.09. The van der Waals surface area contributed by atoms with Crippen molar-refractivity contribution in [1.82, 2.24) is 9.97 Å². The van der Waals surface area contributed by atoms with Crippen LogP contribution in [-0.2, 0) is 12.8 Å². The van der Waals surface area contributed by atoms with Gasteiger partial charge in [-0.15, -0.1) is 0 Å². The van der Waals surface area contributed by atoms with Crippen molar-refractivity contribution in [3.05, 3.63) is 51.9 Å². The van der Waals surface area contributed by atoms with E-state index in [-0.39, 0.29) is 0 Å². The first-order valence-corrected chi connectivity index (χ1v) is 7.85. The van der Waals surface area contributed by atoms with E-state index in [1.165, 1.54) is 5.56 Å². The lowest BCUT2D eigenvalue weighted by Gasteiger charge is -2.08. The van der Waals surface area contributed by atoms with Gasteiger partial charge in [0, 0.05) is 29.2 Å². The SMILES string of the molecule is CCCc1cc(NCC)nc(Cc2ccc(Br)cc2)n1. The van der Waals surface area contributed by atoms with Gasteiger partial charge in [0.1, 0.15) is 11.6 Å². The molecule has 4 heteroatoms. The zero-order valence-corrected chi connectivity index (χ0v) is 13.6. The quantitative estimate of drug-likeness (QED) is 0.860. The van der Waals surface area contributed by atoms with Crippen molar-refractivity contribution in [2.24, 2.45) is 0 Å². The van der Waals surface area contributed by atoms with Crippen LogP contribution in [0, 0.1) is 0 Å². The summed E-state index contributed by atoms with van der Waals surface area (Å²) in [6.45, 7) is 5.12. The summed E-state index contributed by atoms with van der Waals surface area (Å²) in [6.07, 6.45) is 2.86. The van der Waals surface area contributed by atoms with Crippen LogP contribution in [0.5, 0.6) is 0 Å². The Kier molecular flexibility index (Phi) is 5.53. The number of nitrogens with one attached hydrogen (secondary N) is 1. The molecule has 0 fully saturated rings. The summed E-state index contributed by atoms with van der Waals surface area (Å²) in [4.78, 5) is 9.25. The van der Waals surface area contributed by atoms with Crippen LogP contribution in [0.15, 0.2) is 34.8 Å². The average Bonchev–Trinajstić information content (AvgIpc) is 2.42. The maximum Gasteiger partial charge on any atom is 0.135 e. The van der Waals surface area contributed by atoms with Crippen LogP contribution in [0.1, 0.15) is 37.4 Å². The van der Waals surface area contributed by atoms with Crippen LogP contribution in [0.4, 0.5) is 5.82 Å². The average molecular weight is 334 g/mol. The molecule has 106 valence electrons. The smallest absolute Gasteiger partial charge is 0.135 e. The molecule has 0 aliphatic heterocycles. The van der Waals surface area contributed by atoms with Gasteiger partial charge >= 0.3 is 0 Å². The number of hydrogen-bond acceptors (Lipinski definition) is 3. The molecule has 0 spiro atoms. The Hall–Kier alpha value is -1.42. The number of anilines is 1. The van der Waals surface area contributed by atoms with Crippen LogP contribution >= 0.6 is 15.9 Å². The molecular weight excluding hydrogens is 314 g/mol. The van der Waals surface area contributed by atoms with E-state index in [2.05, 4.69) is 75.4 Å². The number of nitrogens with zero attached hydrogens (tertiary/aromatic N) is 2. The second-order valence-corrected chi connectivity index (χ2v) is 5.66. The Morgan fingerprint density at radius 3 is 2.50 bits per heavy atom. The van der Waals surface area contributed by atoms with Crippen LogP contribution in [-0.4, -0.2) is 16.5 Å². The molecule has 0 saturated heterocycles. The van der Waals surface area contributed by atoms with Gasteiger partial charge in [-0.05, 0) is 31.0 Å². The van der Waals surface area contributed by atoms with E-state index in [9.17, 15) is 0 Å². The van der Waals surface area contributed by atoms with Crippen molar-refractivity contribution < 1.29 is 0 Å². The van der Waals surface area contributed by atoms with Gasteiger partial charge in [-0.3, -0.25) is 0 Å². The number of halogens is 1. The largest absolute Gasteiger partial charge is 0.370 e. The van der Waals surface area contributed by atoms with Crippen molar-refractivity contribution >= 4 is 21.7 Å². The second kappa shape index (κ2) is 7.39. The monoisotopic (exact) mass is 333 g/mol. The van der Waals surface area contributed by atoms with Crippen LogP contribution < -0.4 is 5.32 Å². The highest BCUT2D eigenvalue weighted by molar-refractivity contribution is 9.10. The summed E-state index contributed by atoms with van der Waals surface area (Å²) in [5.41, 5.74) is 2.34. The zero-order valence-electron chi connectivity index (χ0n) is 12.0. The third-order valence-electron chi connectivity index (χ3n) is 2.97. The lowest BCUT2D eigenvalue weighted by Crippen LogP contribution is -2.06. The third-order valence-corrected chi connectivity index (χ3v) is 3.49. The molecule has 1 aromatic heterocycles. The summed E-state index contributed by atoms with van der Waals surface area (Å²) in [7, 11) is 0. The highest BCUT2D eigenvalue weighted by Crippen LogP contribution is 2.15. The first-order chi connectivity index (χ1) is 9.71. The predicted octanol–water partition coefficient (Wildman–Crippen LogP) is 4.21. The van der Waals surface area contributed by atoms with Crippen molar-refractivity contribution in [3.63, 3.8) is 0 Å². The van der Waals surface area contributed by atoms with Gasteiger partial charge in [-0.2, -0.15) is 0 Å². The highest BCUT2D eigenvalue weighted by atomic mass is 79.9. The van der Waals surface area contributed by atoms with Gasteiger partial charge in [-0.25, -0.2) is 9.97 Å². The fourth-order valence-electron chi connectivity index (χ4n) is 2.07. The Labute approximate surface area is 129 Å². The third kappa shape index (κ3) is 4.30. The molecule has 3 nitrogen and oxygen atoms in total. The van der Waals surface area contributed by atoms with E-state index in [0.717, 1.165) is 47.6 Å². The van der Waals surface area contributed by atoms with Crippen molar-refractivity contribution in [2.45, 2.75) is 33.1 Å². The standard InChI is InChI=1S/C16H20BrN3/c1-3-5-14-11-15(18-4-2)20-16(19-14)10-12-6-8-13(17)9-7-12/h6-9,11H,3-5,10H2,1-2H3,(H,18,19,20). The molecule has 0 bridgehead atoms. The van der Waals surface area contributed by atoms with Crippen LogP contribution in [0.2, 0.25) is 0 Å². The number of hydrogen-bond donors (Lipinski definition) is 1. The van der Waals surface area contributed by atoms with Crippen molar-refractivity contribution in [1.29, 1.82) is 0 Å². The maximum atomic E-state index is 4.66. The number of benzene rings is 1.